The number of nitrogens with two attached hydrogens (primary N) is 1. The second-order valence-corrected chi connectivity index (χ2v) is 11.5. The molecule has 2 aromatic heterocycles. The lowest BCUT2D eigenvalue weighted by molar-refractivity contribution is -0.158. The lowest BCUT2D eigenvalue weighted by atomic mass is 9.73. The fourth-order valence-corrected chi connectivity index (χ4v) is 5.46. The maximum atomic E-state index is 12.6. The van der Waals surface area contributed by atoms with Crippen LogP contribution >= 0.6 is 11.3 Å². The molecular weight excluding hydrogens is 470 g/mol. The van der Waals surface area contributed by atoms with Gasteiger partial charge in [-0.15, -0.1) is 11.3 Å². The van der Waals surface area contributed by atoms with Gasteiger partial charge in [0.1, 0.15) is 5.01 Å². The molecule has 0 aromatic carbocycles. The zero-order valence-corrected chi connectivity index (χ0v) is 23.6. The average molecular weight is 514 g/mol. The lowest BCUT2D eigenvalue weighted by Crippen LogP contribution is -2.50. The largest absolute Gasteiger partial charge is 0.469 e. The molecule has 0 bridgehead atoms. The van der Waals surface area contributed by atoms with E-state index in [1.165, 1.54) is 7.11 Å². The summed E-state index contributed by atoms with van der Waals surface area (Å²) in [5.74, 6) is 1.18. The standard InChI is InChI=1S/C24H33N5O2S.C4H10/c1-4-8-24(23(30)31-3)11-18(2)15-29(17-24)16-20-14-28-22(32-20)21(25)7-10-27-13-19-6-5-9-26-12-19;1-4(2)3/h5-7,9-10,12,14,18H,4,8,11,13,15-17,25H2,1-3H3;4H,1-3H3/b21-7-,27-10?;/t18?,24-;/m1./s1. The normalized spacial score (nSPS) is 20.9. The molecule has 2 atom stereocenters. The summed E-state index contributed by atoms with van der Waals surface area (Å²) in [6.45, 7) is 13.8. The van der Waals surface area contributed by atoms with E-state index in [9.17, 15) is 4.79 Å². The first-order chi connectivity index (χ1) is 17.2. The predicted molar refractivity (Wildman–Crippen MR) is 150 cm³/mol. The third-order valence-corrected chi connectivity index (χ3v) is 6.75. The van der Waals surface area contributed by atoms with Crippen molar-refractivity contribution in [2.45, 2.75) is 67.0 Å². The summed E-state index contributed by atoms with van der Waals surface area (Å²) >= 11 is 1.58. The number of hydrogen-bond donors (Lipinski definition) is 1. The quantitative estimate of drug-likeness (QED) is 0.348. The number of rotatable bonds is 9. The zero-order valence-electron chi connectivity index (χ0n) is 22.7. The summed E-state index contributed by atoms with van der Waals surface area (Å²) in [5.41, 5.74) is 7.44. The number of aromatic nitrogens is 2. The van der Waals surface area contributed by atoms with Crippen molar-refractivity contribution in [2.75, 3.05) is 20.2 Å². The highest BCUT2D eigenvalue weighted by atomic mass is 32.1. The number of aliphatic imine (C=N–C) groups is 1. The SMILES string of the molecule is CC(C)C.CCC[C@@]1(C(=O)OC)CC(C)CN(Cc2cnc(/C(N)=C/C=NCc3cccnc3)s2)C1. The summed E-state index contributed by atoms with van der Waals surface area (Å²) in [4.78, 5) is 29.1. The smallest absolute Gasteiger partial charge is 0.313 e. The number of carbonyl (C=O) groups is 1. The van der Waals surface area contributed by atoms with E-state index < -0.39 is 5.41 Å². The van der Waals surface area contributed by atoms with E-state index in [0.717, 1.165) is 60.3 Å². The summed E-state index contributed by atoms with van der Waals surface area (Å²) in [6.07, 6.45) is 11.6. The minimum Gasteiger partial charge on any atom is -0.469 e. The molecule has 8 heteroatoms. The Kier molecular flexibility index (Phi) is 12.2. The van der Waals surface area contributed by atoms with Crippen LogP contribution < -0.4 is 5.73 Å². The van der Waals surface area contributed by atoms with Gasteiger partial charge in [-0.2, -0.15) is 0 Å². The van der Waals surface area contributed by atoms with Crippen LogP contribution in [-0.4, -0.2) is 47.3 Å². The van der Waals surface area contributed by atoms with Crippen molar-refractivity contribution < 1.29 is 9.53 Å². The van der Waals surface area contributed by atoms with E-state index in [4.69, 9.17) is 10.5 Å². The van der Waals surface area contributed by atoms with Crippen molar-refractivity contribution in [3.8, 4) is 0 Å². The molecule has 2 aromatic rings. The summed E-state index contributed by atoms with van der Waals surface area (Å²) in [5, 5.41) is 0.783. The number of allylic oxidation sites excluding steroid dienone is 1. The van der Waals surface area contributed by atoms with Crippen molar-refractivity contribution in [1.82, 2.24) is 14.9 Å². The highest BCUT2D eigenvalue weighted by molar-refractivity contribution is 7.12. The molecule has 3 rings (SSSR count). The Labute approximate surface area is 220 Å². The van der Waals surface area contributed by atoms with Gasteiger partial charge in [0.05, 0.1) is 24.8 Å². The number of piperidine rings is 1. The van der Waals surface area contributed by atoms with Crippen LogP contribution in [0.25, 0.3) is 5.70 Å². The monoisotopic (exact) mass is 513 g/mol. The Balaban J connectivity index is 0.00000106. The minimum atomic E-state index is -0.418. The van der Waals surface area contributed by atoms with Gasteiger partial charge in [-0.3, -0.25) is 19.7 Å². The van der Waals surface area contributed by atoms with Gasteiger partial charge in [0.15, 0.2) is 0 Å². The molecule has 1 aliphatic rings. The van der Waals surface area contributed by atoms with E-state index in [-0.39, 0.29) is 5.97 Å². The molecule has 1 unspecified atom stereocenters. The number of esters is 1. The number of hydrogen-bond acceptors (Lipinski definition) is 8. The number of nitrogens with zero attached hydrogens (tertiary/aromatic N) is 4. The van der Waals surface area contributed by atoms with Crippen LogP contribution in [0.1, 0.15) is 69.3 Å². The van der Waals surface area contributed by atoms with Crippen LogP contribution in [-0.2, 0) is 22.6 Å². The van der Waals surface area contributed by atoms with Gasteiger partial charge in [0.2, 0.25) is 0 Å². The molecule has 7 nitrogen and oxygen atoms in total. The van der Waals surface area contributed by atoms with Gasteiger partial charge in [0, 0.05) is 49.3 Å². The van der Waals surface area contributed by atoms with Crippen molar-refractivity contribution in [2.24, 2.45) is 28.0 Å². The van der Waals surface area contributed by atoms with Gasteiger partial charge >= 0.3 is 5.97 Å². The van der Waals surface area contributed by atoms with Crippen LogP contribution in [0.15, 0.2) is 41.8 Å². The Hall–Kier alpha value is -2.58. The minimum absolute atomic E-state index is 0.0846. The van der Waals surface area contributed by atoms with Crippen molar-refractivity contribution in [1.29, 1.82) is 0 Å². The third-order valence-electron chi connectivity index (χ3n) is 5.72. The lowest BCUT2D eigenvalue weighted by Gasteiger charge is -2.43. The highest BCUT2D eigenvalue weighted by Gasteiger charge is 2.44. The van der Waals surface area contributed by atoms with Crippen LogP contribution in [0.4, 0.5) is 0 Å². The molecule has 198 valence electrons. The highest BCUT2D eigenvalue weighted by Crippen LogP contribution is 2.39. The molecule has 1 saturated heterocycles. The van der Waals surface area contributed by atoms with Crippen molar-refractivity contribution in [3.63, 3.8) is 0 Å². The molecule has 1 fully saturated rings. The molecule has 0 spiro atoms. The first-order valence-corrected chi connectivity index (χ1v) is 13.6. The first-order valence-electron chi connectivity index (χ1n) is 12.8. The van der Waals surface area contributed by atoms with Crippen LogP contribution in [0, 0.1) is 17.3 Å². The molecule has 3 heterocycles. The Bertz CT molecular complexity index is 986. The number of likely N-dealkylation sites (tertiary alicyclic amines) is 1. The maximum absolute atomic E-state index is 12.6. The Morgan fingerprint density at radius 3 is 2.78 bits per heavy atom. The van der Waals surface area contributed by atoms with Gasteiger partial charge in [-0.05, 0) is 42.4 Å². The number of thiazole rings is 1. The zero-order chi connectivity index (χ0) is 26.6. The van der Waals surface area contributed by atoms with Gasteiger partial charge in [-0.25, -0.2) is 4.98 Å². The van der Waals surface area contributed by atoms with E-state index in [2.05, 4.69) is 54.5 Å². The third kappa shape index (κ3) is 9.47. The fourth-order valence-electron chi connectivity index (χ4n) is 4.56. The molecule has 2 N–H and O–H groups in total. The molecule has 1 aliphatic heterocycles. The van der Waals surface area contributed by atoms with E-state index in [1.54, 1.807) is 36.0 Å². The number of ether oxygens (including phenoxy) is 1. The predicted octanol–water partition coefficient (Wildman–Crippen LogP) is 5.57. The Morgan fingerprint density at radius 1 is 1.39 bits per heavy atom. The molecule has 36 heavy (non-hydrogen) atoms. The van der Waals surface area contributed by atoms with E-state index in [0.29, 0.717) is 18.2 Å². The molecule has 0 radical (unpaired) electrons. The molecule has 0 aliphatic carbocycles. The van der Waals surface area contributed by atoms with Crippen LogP contribution in [0.2, 0.25) is 0 Å². The summed E-state index contributed by atoms with van der Waals surface area (Å²) in [7, 11) is 1.49. The summed E-state index contributed by atoms with van der Waals surface area (Å²) < 4.78 is 5.19. The average Bonchev–Trinajstić information content (AvgIpc) is 3.30. The van der Waals surface area contributed by atoms with Crippen molar-refractivity contribution in [3.05, 3.63) is 52.2 Å². The molecular formula is C28H43N5O2S. The van der Waals surface area contributed by atoms with E-state index >= 15 is 0 Å². The van der Waals surface area contributed by atoms with Gasteiger partial charge < -0.3 is 10.5 Å². The second kappa shape index (κ2) is 14.9. The molecule has 0 saturated carbocycles. The maximum Gasteiger partial charge on any atom is 0.313 e. The van der Waals surface area contributed by atoms with Crippen LogP contribution in [0.5, 0.6) is 0 Å². The van der Waals surface area contributed by atoms with Gasteiger partial charge in [-0.1, -0.05) is 47.1 Å². The van der Waals surface area contributed by atoms with Crippen molar-refractivity contribution >= 4 is 29.2 Å². The number of carbonyl (C=O) groups excluding carboxylic acids is 1. The topological polar surface area (TPSA) is 93.7 Å². The summed E-state index contributed by atoms with van der Waals surface area (Å²) in [6, 6.07) is 3.88. The number of pyridine rings is 1. The van der Waals surface area contributed by atoms with E-state index in [1.807, 2.05) is 18.3 Å². The molecule has 0 amide bonds. The second-order valence-electron chi connectivity index (χ2n) is 10.3. The number of methoxy groups -OCH3 is 1. The van der Waals surface area contributed by atoms with Crippen LogP contribution in [0.3, 0.4) is 0 Å². The Morgan fingerprint density at radius 2 is 2.14 bits per heavy atom. The first kappa shape index (κ1) is 29.6. The fraction of sp³-hybridized carbons (Fsp3) is 0.571. The van der Waals surface area contributed by atoms with Gasteiger partial charge in [0.25, 0.3) is 0 Å².